The van der Waals surface area contributed by atoms with Crippen molar-refractivity contribution in [2.45, 2.75) is 19.8 Å². The van der Waals surface area contributed by atoms with E-state index in [1.54, 1.807) is 11.0 Å². The maximum Gasteiger partial charge on any atom is 0.303 e. The van der Waals surface area contributed by atoms with Crippen LogP contribution >= 0.6 is 0 Å². The van der Waals surface area contributed by atoms with E-state index in [0.29, 0.717) is 13.1 Å². The second-order valence-corrected chi connectivity index (χ2v) is 4.01. The van der Waals surface area contributed by atoms with Crippen LogP contribution in [0.25, 0.3) is 0 Å². The predicted octanol–water partition coefficient (Wildman–Crippen LogP) is 1.13. The molecular weight excluding hydrogens is 194 g/mol. The summed E-state index contributed by atoms with van der Waals surface area (Å²) in [6.07, 6.45) is 2.69. The zero-order valence-corrected chi connectivity index (χ0v) is 8.98. The predicted molar refractivity (Wildman–Crippen MR) is 56.3 cm³/mol. The van der Waals surface area contributed by atoms with Crippen LogP contribution in [0.2, 0.25) is 0 Å². The highest BCUT2D eigenvalue weighted by Gasteiger charge is 2.29. The number of carbonyl (C=O) groups excluding carboxylic acids is 1. The van der Waals surface area contributed by atoms with Crippen LogP contribution in [0.1, 0.15) is 19.8 Å². The Labute approximate surface area is 89.6 Å². The van der Waals surface area contributed by atoms with Crippen molar-refractivity contribution in [3.05, 3.63) is 12.7 Å². The third-order valence-corrected chi connectivity index (χ3v) is 2.99. The van der Waals surface area contributed by atoms with Gasteiger partial charge in [-0.25, -0.2) is 0 Å². The Morgan fingerprint density at radius 2 is 2.27 bits per heavy atom. The molecule has 15 heavy (non-hydrogen) atoms. The first-order valence-electron chi connectivity index (χ1n) is 5.14. The average Bonchev–Trinajstić information content (AvgIpc) is 2.17. The molecule has 0 radical (unpaired) electrons. The van der Waals surface area contributed by atoms with Crippen LogP contribution in [0.4, 0.5) is 0 Å². The number of likely N-dealkylation sites (tertiary alicyclic amines) is 1. The van der Waals surface area contributed by atoms with Crippen molar-refractivity contribution in [1.29, 1.82) is 0 Å². The van der Waals surface area contributed by atoms with Gasteiger partial charge in [-0.05, 0) is 18.3 Å². The van der Waals surface area contributed by atoms with Crippen LogP contribution in [0.3, 0.4) is 0 Å². The average molecular weight is 211 g/mol. The Bertz CT molecular complexity index is 275. The Balaban J connectivity index is 2.60. The van der Waals surface area contributed by atoms with Gasteiger partial charge in [0.1, 0.15) is 0 Å². The number of hydrogen-bond donors (Lipinski definition) is 1. The van der Waals surface area contributed by atoms with E-state index >= 15 is 0 Å². The number of amides is 1. The standard InChI is InChI=1S/C11H17NO3/c1-3-9-7-12(8(2)13)5-4-10(9)6-11(14)15/h3,9-10H,1,4-7H2,2H3,(H,14,15)/t9-,10-/m0/s1. The molecule has 1 heterocycles. The number of aliphatic carboxylic acids is 1. The molecule has 2 atom stereocenters. The molecular formula is C11H17NO3. The van der Waals surface area contributed by atoms with Gasteiger partial charge < -0.3 is 10.0 Å². The number of hydrogen-bond acceptors (Lipinski definition) is 2. The molecule has 4 heteroatoms. The number of piperidine rings is 1. The van der Waals surface area contributed by atoms with Crippen molar-refractivity contribution in [3.8, 4) is 0 Å². The van der Waals surface area contributed by atoms with E-state index in [4.69, 9.17) is 5.11 Å². The molecule has 1 saturated heterocycles. The van der Waals surface area contributed by atoms with Gasteiger partial charge in [-0.1, -0.05) is 6.08 Å². The zero-order valence-electron chi connectivity index (χ0n) is 8.98. The summed E-state index contributed by atoms with van der Waals surface area (Å²) in [6.45, 7) is 6.52. The molecule has 0 aromatic carbocycles. The molecule has 1 aliphatic rings. The first-order chi connectivity index (χ1) is 7.04. The van der Waals surface area contributed by atoms with E-state index in [9.17, 15) is 9.59 Å². The van der Waals surface area contributed by atoms with Crippen LogP contribution < -0.4 is 0 Å². The third-order valence-electron chi connectivity index (χ3n) is 2.99. The molecule has 0 saturated carbocycles. The molecule has 4 nitrogen and oxygen atoms in total. The highest BCUT2D eigenvalue weighted by Crippen LogP contribution is 2.27. The minimum atomic E-state index is -0.775. The van der Waals surface area contributed by atoms with E-state index in [0.717, 1.165) is 6.42 Å². The first-order valence-corrected chi connectivity index (χ1v) is 5.14. The van der Waals surface area contributed by atoms with Gasteiger partial charge in [0.05, 0.1) is 0 Å². The molecule has 1 fully saturated rings. The minimum absolute atomic E-state index is 0.0515. The quantitative estimate of drug-likeness (QED) is 0.712. The van der Waals surface area contributed by atoms with Crippen molar-refractivity contribution < 1.29 is 14.7 Å². The largest absolute Gasteiger partial charge is 0.481 e. The summed E-state index contributed by atoms with van der Waals surface area (Å²) in [4.78, 5) is 23.5. The van der Waals surface area contributed by atoms with Gasteiger partial charge in [0.25, 0.3) is 0 Å². The van der Waals surface area contributed by atoms with Crippen molar-refractivity contribution in [2.75, 3.05) is 13.1 Å². The molecule has 1 rings (SSSR count). The molecule has 0 spiro atoms. The summed E-state index contributed by atoms with van der Waals surface area (Å²) in [5.74, 6) is -0.492. The van der Waals surface area contributed by atoms with Crippen LogP contribution in [0, 0.1) is 11.8 Å². The number of carboxylic acids is 1. The summed E-state index contributed by atoms with van der Waals surface area (Å²) in [6, 6.07) is 0. The summed E-state index contributed by atoms with van der Waals surface area (Å²) in [5, 5.41) is 8.74. The lowest BCUT2D eigenvalue weighted by Gasteiger charge is -2.36. The van der Waals surface area contributed by atoms with Gasteiger partial charge >= 0.3 is 5.97 Å². The first kappa shape index (κ1) is 11.8. The molecule has 0 bridgehead atoms. The lowest BCUT2D eigenvalue weighted by atomic mass is 9.83. The monoisotopic (exact) mass is 211 g/mol. The Hall–Kier alpha value is -1.32. The molecule has 84 valence electrons. The fourth-order valence-corrected chi connectivity index (χ4v) is 2.06. The summed E-state index contributed by atoms with van der Waals surface area (Å²) in [7, 11) is 0. The maximum absolute atomic E-state index is 11.2. The molecule has 0 aliphatic carbocycles. The fraction of sp³-hybridized carbons (Fsp3) is 0.636. The van der Waals surface area contributed by atoms with Crippen LogP contribution in [0.15, 0.2) is 12.7 Å². The fourth-order valence-electron chi connectivity index (χ4n) is 2.06. The molecule has 1 aliphatic heterocycles. The summed E-state index contributed by atoms with van der Waals surface area (Å²) < 4.78 is 0. The Kier molecular flexibility index (Phi) is 3.88. The van der Waals surface area contributed by atoms with Gasteiger partial charge in [-0.15, -0.1) is 6.58 Å². The Morgan fingerprint density at radius 1 is 1.60 bits per heavy atom. The lowest BCUT2D eigenvalue weighted by molar-refractivity contribution is -0.139. The van der Waals surface area contributed by atoms with Crippen molar-refractivity contribution in [2.24, 2.45) is 11.8 Å². The van der Waals surface area contributed by atoms with E-state index in [-0.39, 0.29) is 24.2 Å². The highest BCUT2D eigenvalue weighted by molar-refractivity contribution is 5.73. The molecule has 1 amide bonds. The number of nitrogens with zero attached hydrogens (tertiary/aromatic N) is 1. The van der Waals surface area contributed by atoms with Crippen molar-refractivity contribution in [1.82, 2.24) is 4.90 Å². The minimum Gasteiger partial charge on any atom is -0.481 e. The Morgan fingerprint density at radius 3 is 2.73 bits per heavy atom. The van der Waals surface area contributed by atoms with Gasteiger partial charge in [0.15, 0.2) is 0 Å². The lowest BCUT2D eigenvalue weighted by Crippen LogP contribution is -2.42. The van der Waals surface area contributed by atoms with Crippen molar-refractivity contribution >= 4 is 11.9 Å². The van der Waals surface area contributed by atoms with E-state index in [1.807, 2.05) is 0 Å². The van der Waals surface area contributed by atoms with Gasteiger partial charge in [-0.2, -0.15) is 0 Å². The van der Waals surface area contributed by atoms with Crippen molar-refractivity contribution in [3.63, 3.8) is 0 Å². The van der Waals surface area contributed by atoms with E-state index in [2.05, 4.69) is 6.58 Å². The van der Waals surface area contributed by atoms with Crippen LogP contribution in [0.5, 0.6) is 0 Å². The topological polar surface area (TPSA) is 57.6 Å². The summed E-state index contributed by atoms with van der Waals surface area (Å²) in [5.41, 5.74) is 0. The third kappa shape index (κ3) is 3.08. The highest BCUT2D eigenvalue weighted by atomic mass is 16.4. The molecule has 0 unspecified atom stereocenters. The zero-order chi connectivity index (χ0) is 11.4. The number of carbonyl (C=O) groups is 2. The van der Waals surface area contributed by atoms with Gasteiger partial charge in [-0.3, -0.25) is 9.59 Å². The second kappa shape index (κ2) is 4.96. The molecule has 0 aromatic rings. The van der Waals surface area contributed by atoms with E-state index < -0.39 is 5.97 Å². The second-order valence-electron chi connectivity index (χ2n) is 4.01. The summed E-state index contributed by atoms with van der Waals surface area (Å²) >= 11 is 0. The number of rotatable bonds is 3. The van der Waals surface area contributed by atoms with Crippen LogP contribution in [-0.2, 0) is 9.59 Å². The van der Waals surface area contributed by atoms with Crippen LogP contribution in [-0.4, -0.2) is 35.0 Å². The van der Waals surface area contributed by atoms with Gasteiger partial charge in [0.2, 0.25) is 5.91 Å². The smallest absolute Gasteiger partial charge is 0.303 e. The molecule has 0 aromatic heterocycles. The normalized spacial score (nSPS) is 26.1. The number of carboxylic acid groups (broad SMARTS) is 1. The SMILES string of the molecule is C=C[C@H]1CN(C(C)=O)CC[C@H]1CC(=O)O. The van der Waals surface area contributed by atoms with E-state index in [1.165, 1.54) is 6.92 Å². The van der Waals surface area contributed by atoms with Gasteiger partial charge in [0, 0.05) is 26.4 Å². The molecule has 1 N–H and O–H groups in total. The maximum atomic E-state index is 11.2.